The van der Waals surface area contributed by atoms with Crippen molar-refractivity contribution in [2.45, 2.75) is 38.8 Å². The van der Waals surface area contributed by atoms with E-state index in [1.165, 1.54) is 12.0 Å². The summed E-state index contributed by atoms with van der Waals surface area (Å²) in [6.07, 6.45) is 6.21. The number of anilines is 2. The molecule has 5 rings (SSSR count). The summed E-state index contributed by atoms with van der Waals surface area (Å²) >= 11 is 0. The number of allylic oxidation sites excluding steroid dienone is 2. The molecule has 3 amide bonds. The summed E-state index contributed by atoms with van der Waals surface area (Å²) in [4.78, 5) is 56.9. The fraction of sp³-hybridized carbons (Fsp3) is 0.294. The zero-order valence-corrected chi connectivity index (χ0v) is 24.5. The van der Waals surface area contributed by atoms with Gasteiger partial charge >= 0.3 is 0 Å². The third-order valence-electron chi connectivity index (χ3n) is 7.99. The van der Waals surface area contributed by atoms with Gasteiger partial charge in [-0.05, 0) is 61.9 Å². The number of carbonyl (C=O) groups is 4. The first-order valence-corrected chi connectivity index (χ1v) is 14.3. The van der Waals surface area contributed by atoms with Gasteiger partial charge in [0.25, 0.3) is 11.7 Å². The van der Waals surface area contributed by atoms with Gasteiger partial charge in [-0.1, -0.05) is 54.1 Å². The first kappa shape index (κ1) is 29.6. The highest BCUT2D eigenvalue weighted by atomic mass is 16.5. The monoisotopic (exact) mass is 581 g/mol. The van der Waals surface area contributed by atoms with Crippen LogP contribution in [-0.2, 0) is 20.9 Å². The molecular formula is C34H35N3O6. The Morgan fingerprint density at radius 3 is 2.47 bits per heavy atom. The molecule has 0 fully saturated rings. The van der Waals surface area contributed by atoms with Gasteiger partial charge in [0.1, 0.15) is 24.1 Å². The lowest BCUT2D eigenvalue weighted by Gasteiger charge is -2.37. The summed E-state index contributed by atoms with van der Waals surface area (Å²) in [5.74, 6) is -1.38. The molecular weight excluding hydrogens is 546 g/mol. The Labute approximate surface area is 251 Å². The quantitative estimate of drug-likeness (QED) is 0.269. The molecule has 43 heavy (non-hydrogen) atoms. The van der Waals surface area contributed by atoms with Gasteiger partial charge in [0, 0.05) is 12.6 Å². The van der Waals surface area contributed by atoms with Crippen LogP contribution in [0, 0.1) is 12.8 Å². The van der Waals surface area contributed by atoms with E-state index in [1.54, 1.807) is 54.5 Å². The number of amides is 3. The minimum atomic E-state index is -0.866. The normalized spacial score (nSPS) is 16.4. The molecule has 0 radical (unpaired) electrons. The number of nitrogens with one attached hydrogen (secondary N) is 1. The molecule has 2 atom stereocenters. The topological polar surface area (TPSA) is 105 Å². The van der Waals surface area contributed by atoms with Crippen LogP contribution in [0.4, 0.5) is 11.4 Å². The van der Waals surface area contributed by atoms with Crippen LogP contribution in [-0.4, -0.2) is 55.2 Å². The number of hydrogen-bond acceptors (Lipinski definition) is 6. The molecule has 0 bridgehead atoms. The number of ketones is 1. The van der Waals surface area contributed by atoms with Crippen molar-refractivity contribution in [1.82, 2.24) is 4.90 Å². The Morgan fingerprint density at radius 1 is 1.00 bits per heavy atom. The van der Waals surface area contributed by atoms with E-state index in [4.69, 9.17) is 9.47 Å². The molecule has 2 aliphatic rings. The molecule has 9 heteroatoms. The van der Waals surface area contributed by atoms with E-state index in [-0.39, 0.29) is 30.5 Å². The lowest BCUT2D eigenvalue weighted by molar-refractivity contribution is -0.140. The highest BCUT2D eigenvalue weighted by molar-refractivity contribution is 6.52. The first-order valence-electron chi connectivity index (χ1n) is 14.3. The third-order valence-corrected chi connectivity index (χ3v) is 7.99. The summed E-state index contributed by atoms with van der Waals surface area (Å²) < 4.78 is 10.8. The van der Waals surface area contributed by atoms with Crippen molar-refractivity contribution in [3.05, 3.63) is 95.6 Å². The van der Waals surface area contributed by atoms with Gasteiger partial charge in [0.15, 0.2) is 0 Å². The van der Waals surface area contributed by atoms with Crippen LogP contribution in [0.3, 0.4) is 0 Å². The summed E-state index contributed by atoms with van der Waals surface area (Å²) in [5, 5.41) is 2.99. The minimum absolute atomic E-state index is 0.148. The molecule has 1 aliphatic heterocycles. The van der Waals surface area contributed by atoms with Gasteiger partial charge < -0.3 is 19.7 Å². The van der Waals surface area contributed by atoms with Gasteiger partial charge in [-0.25, -0.2) is 0 Å². The predicted molar refractivity (Wildman–Crippen MR) is 163 cm³/mol. The number of benzene rings is 3. The Bertz CT molecular complexity index is 1560. The van der Waals surface area contributed by atoms with E-state index < -0.39 is 23.6 Å². The minimum Gasteiger partial charge on any atom is -0.497 e. The molecule has 2 unspecified atom stereocenters. The van der Waals surface area contributed by atoms with E-state index in [2.05, 4.69) is 11.4 Å². The Hall–Kier alpha value is -4.92. The van der Waals surface area contributed by atoms with Gasteiger partial charge in [-0.3, -0.25) is 24.1 Å². The van der Waals surface area contributed by atoms with Gasteiger partial charge in [0.2, 0.25) is 11.8 Å². The molecule has 1 aliphatic carbocycles. The van der Waals surface area contributed by atoms with E-state index in [1.807, 2.05) is 37.3 Å². The Morgan fingerprint density at radius 2 is 1.77 bits per heavy atom. The maximum Gasteiger partial charge on any atom is 0.299 e. The van der Waals surface area contributed by atoms with Crippen molar-refractivity contribution < 1.29 is 28.7 Å². The van der Waals surface area contributed by atoms with Crippen LogP contribution < -0.4 is 19.7 Å². The Balaban J connectivity index is 1.52. The molecule has 3 aromatic carbocycles. The predicted octanol–water partition coefficient (Wildman–Crippen LogP) is 4.93. The number of aryl methyl sites for hydroxylation is 1. The highest BCUT2D eigenvalue weighted by Crippen LogP contribution is 2.33. The number of carbonyl (C=O) groups excluding carboxylic acids is 4. The van der Waals surface area contributed by atoms with Crippen molar-refractivity contribution in [2.75, 3.05) is 31.0 Å². The fourth-order valence-corrected chi connectivity index (χ4v) is 5.69. The van der Waals surface area contributed by atoms with Crippen LogP contribution in [0.15, 0.2) is 78.9 Å². The number of Topliss-reactive ketones (excluding diaryl/α,β-unsaturated/α-hetero) is 1. The van der Waals surface area contributed by atoms with E-state index >= 15 is 0 Å². The molecule has 0 saturated carbocycles. The Kier molecular flexibility index (Phi) is 8.90. The standard InChI is InChI=1S/C34H35N3O6/c1-22-13-15-23(16-14-22)20-37(30(38)21-36-28-12-8-7-11-26(28)32(39)34(36)41)31(24-9-5-4-6-10-24)33(40)35-27-18-17-25(42-2)19-29(27)43-3/h4-5,7-8,11-19,24,31H,6,9-10,20-21H2,1-3H3,(H,35,40). The zero-order valence-electron chi connectivity index (χ0n) is 24.5. The molecule has 1 heterocycles. The van der Waals surface area contributed by atoms with E-state index in [0.717, 1.165) is 17.5 Å². The summed E-state index contributed by atoms with van der Waals surface area (Å²) in [5.41, 5.74) is 3.02. The molecule has 0 aromatic heterocycles. The molecule has 3 aromatic rings. The fourth-order valence-electron chi connectivity index (χ4n) is 5.69. The zero-order chi connectivity index (χ0) is 30.5. The number of hydrogen-bond donors (Lipinski definition) is 1. The number of nitrogens with zero attached hydrogens (tertiary/aromatic N) is 2. The molecule has 222 valence electrons. The second-order valence-corrected chi connectivity index (χ2v) is 10.8. The number of methoxy groups -OCH3 is 2. The first-order chi connectivity index (χ1) is 20.8. The van der Waals surface area contributed by atoms with E-state index in [0.29, 0.717) is 35.7 Å². The highest BCUT2D eigenvalue weighted by Gasteiger charge is 2.41. The maximum atomic E-state index is 14.3. The SMILES string of the molecule is COc1ccc(NC(=O)C(C2CC=CCC2)N(Cc2ccc(C)cc2)C(=O)CN2C(=O)C(=O)c3ccccc32)c(OC)c1. The average molecular weight is 582 g/mol. The number of para-hydroxylation sites is 1. The summed E-state index contributed by atoms with van der Waals surface area (Å²) in [6, 6.07) is 18.6. The lowest BCUT2D eigenvalue weighted by atomic mass is 9.85. The summed E-state index contributed by atoms with van der Waals surface area (Å²) in [6.45, 7) is 1.76. The van der Waals surface area contributed by atoms with Crippen LogP contribution in [0.25, 0.3) is 0 Å². The van der Waals surface area contributed by atoms with Gasteiger partial charge in [-0.2, -0.15) is 0 Å². The molecule has 1 N–H and O–H groups in total. The summed E-state index contributed by atoms with van der Waals surface area (Å²) in [7, 11) is 3.05. The van der Waals surface area contributed by atoms with Crippen LogP contribution >= 0.6 is 0 Å². The smallest absolute Gasteiger partial charge is 0.299 e. The number of ether oxygens (including phenoxy) is 2. The molecule has 0 spiro atoms. The van der Waals surface area contributed by atoms with Gasteiger partial charge in [-0.15, -0.1) is 0 Å². The van der Waals surface area contributed by atoms with Gasteiger partial charge in [0.05, 0.1) is 31.2 Å². The van der Waals surface area contributed by atoms with E-state index in [9.17, 15) is 19.2 Å². The number of rotatable bonds is 10. The van der Waals surface area contributed by atoms with Crippen LogP contribution in [0.5, 0.6) is 11.5 Å². The van der Waals surface area contributed by atoms with Crippen molar-refractivity contribution in [1.29, 1.82) is 0 Å². The number of fused-ring (bicyclic) bond motifs is 1. The van der Waals surface area contributed by atoms with Crippen molar-refractivity contribution in [2.24, 2.45) is 5.92 Å². The van der Waals surface area contributed by atoms with Crippen LogP contribution in [0.1, 0.15) is 40.7 Å². The third kappa shape index (κ3) is 6.30. The van der Waals surface area contributed by atoms with Crippen molar-refractivity contribution in [3.8, 4) is 11.5 Å². The maximum absolute atomic E-state index is 14.3. The molecule has 9 nitrogen and oxygen atoms in total. The van der Waals surface area contributed by atoms with Crippen molar-refractivity contribution in [3.63, 3.8) is 0 Å². The van der Waals surface area contributed by atoms with Crippen molar-refractivity contribution >= 4 is 34.9 Å². The average Bonchev–Trinajstić information content (AvgIpc) is 3.27. The lowest BCUT2D eigenvalue weighted by Crippen LogP contribution is -2.54. The van der Waals surface area contributed by atoms with Crippen LogP contribution in [0.2, 0.25) is 0 Å². The second kappa shape index (κ2) is 12.9. The largest absolute Gasteiger partial charge is 0.497 e. The second-order valence-electron chi connectivity index (χ2n) is 10.8. The molecule has 0 saturated heterocycles.